The number of nitrogens with one attached hydrogen (secondary N) is 1. The summed E-state index contributed by atoms with van der Waals surface area (Å²) in [6, 6.07) is 10.6. The van der Waals surface area contributed by atoms with Crippen LogP contribution in [0.1, 0.15) is 51.7 Å². The molecule has 1 N–H and O–H groups in total. The van der Waals surface area contributed by atoms with E-state index in [0.717, 1.165) is 6.42 Å². The van der Waals surface area contributed by atoms with E-state index in [1.807, 2.05) is 0 Å². The number of carbonyl (C=O) groups excluding carboxylic acids is 3. The summed E-state index contributed by atoms with van der Waals surface area (Å²) in [4.78, 5) is 42.6. The van der Waals surface area contributed by atoms with Gasteiger partial charge in [0.05, 0.1) is 31.0 Å². The third-order valence-electron chi connectivity index (χ3n) is 6.13. The van der Waals surface area contributed by atoms with E-state index in [1.165, 1.54) is 14.2 Å². The van der Waals surface area contributed by atoms with Crippen molar-refractivity contribution in [3.8, 4) is 11.5 Å². The maximum Gasteiger partial charge on any atom is 0.264 e. The van der Waals surface area contributed by atoms with E-state index in [4.69, 9.17) is 14.2 Å². The average molecular weight is 468 g/mol. The minimum absolute atomic E-state index is 0.0767. The van der Waals surface area contributed by atoms with Crippen LogP contribution in [0.2, 0.25) is 0 Å². The van der Waals surface area contributed by atoms with E-state index in [2.05, 4.69) is 5.32 Å². The van der Waals surface area contributed by atoms with Crippen LogP contribution >= 0.6 is 0 Å². The number of fused-ring (bicyclic) bond motifs is 5. The number of carbonyl (C=O) groups is 3. The first kappa shape index (κ1) is 23.6. The van der Waals surface area contributed by atoms with Crippen molar-refractivity contribution < 1.29 is 28.6 Å². The van der Waals surface area contributed by atoms with E-state index < -0.39 is 6.17 Å². The van der Waals surface area contributed by atoms with Gasteiger partial charge in [-0.05, 0) is 31.0 Å². The van der Waals surface area contributed by atoms with Crippen LogP contribution in [0.15, 0.2) is 36.4 Å². The predicted molar refractivity (Wildman–Crippen MR) is 125 cm³/mol. The second-order valence-electron chi connectivity index (χ2n) is 8.13. The van der Waals surface area contributed by atoms with Crippen molar-refractivity contribution in [1.29, 1.82) is 0 Å². The number of rotatable bonds is 10. The van der Waals surface area contributed by atoms with Crippen molar-refractivity contribution >= 4 is 23.4 Å². The molecular formula is C25H29N3O6. The number of amides is 3. The van der Waals surface area contributed by atoms with E-state index in [1.54, 1.807) is 53.3 Å². The smallest absolute Gasteiger partial charge is 0.264 e. The van der Waals surface area contributed by atoms with Gasteiger partial charge in [0.25, 0.3) is 11.8 Å². The second-order valence-corrected chi connectivity index (χ2v) is 8.13. The van der Waals surface area contributed by atoms with Crippen molar-refractivity contribution in [2.45, 2.75) is 25.4 Å². The van der Waals surface area contributed by atoms with Gasteiger partial charge in [-0.15, -0.1) is 0 Å². The minimum Gasteiger partial charge on any atom is -0.493 e. The molecule has 2 aromatic carbocycles. The Hall–Kier alpha value is -3.59. The Kier molecular flexibility index (Phi) is 7.02. The highest BCUT2D eigenvalue weighted by Crippen LogP contribution is 2.49. The van der Waals surface area contributed by atoms with Crippen LogP contribution in [0.25, 0.3) is 0 Å². The van der Waals surface area contributed by atoms with Gasteiger partial charge in [0.2, 0.25) is 5.91 Å². The maximum absolute atomic E-state index is 13.6. The first-order valence-electron chi connectivity index (χ1n) is 11.3. The summed E-state index contributed by atoms with van der Waals surface area (Å²) < 4.78 is 15.9. The van der Waals surface area contributed by atoms with Crippen LogP contribution in [0.5, 0.6) is 11.5 Å². The number of anilines is 1. The SMILES string of the molecule is COCCCNC(=O)CCCN1C(=O)c2ccccc2N2C(=O)c3c(ccc(OC)c3OC)C12. The first-order valence-corrected chi connectivity index (χ1v) is 11.3. The summed E-state index contributed by atoms with van der Waals surface area (Å²) in [5.41, 5.74) is 2.08. The summed E-state index contributed by atoms with van der Waals surface area (Å²) in [7, 11) is 4.63. The highest BCUT2D eigenvalue weighted by molar-refractivity contribution is 6.18. The highest BCUT2D eigenvalue weighted by atomic mass is 16.5. The number of hydrogen-bond acceptors (Lipinski definition) is 6. The number of para-hydroxylation sites is 1. The zero-order chi connectivity index (χ0) is 24.2. The fraction of sp³-hybridized carbons (Fsp3) is 0.400. The molecule has 2 aromatic rings. The molecule has 1 atom stereocenters. The Bertz CT molecular complexity index is 1100. The highest BCUT2D eigenvalue weighted by Gasteiger charge is 2.49. The number of ether oxygens (including phenoxy) is 3. The quantitative estimate of drug-likeness (QED) is 0.540. The Labute approximate surface area is 198 Å². The molecule has 0 saturated heterocycles. The second kappa shape index (κ2) is 10.1. The fourth-order valence-corrected chi connectivity index (χ4v) is 4.59. The molecule has 0 bridgehead atoms. The third-order valence-corrected chi connectivity index (χ3v) is 6.13. The van der Waals surface area contributed by atoms with Gasteiger partial charge in [0.15, 0.2) is 11.5 Å². The molecule has 0 radical (unpaired) electrons. The van der Waals surface area contributed by atoms with E-state index >= 15 is 0 Å². The van der Waals surface area contributed by atoms with Crippen molar-refractivity contribution in [3.05, 3.63) is 53.1 Å². The lowest BCUT2D eigenvalue weighted by atomic mass is 10.0. The Balaban J connectivity index is 1.62. The molecule has 4 rings (SSSR count). The van der Waals surface area contributed by atoms with Crippen LogP contribution in [0.4, 0.5) is 5.69 Å². The van der Waals surface area contributed by atoms with Gasteiger partial charge in [0, 0.05) is 38.8 Å². The topological polar surface area (TPSA) is 97.4 Å². The standard InChI is InChI=1S/C25H29N3O6/c1-32-15-7-13-26-20(29)10-6-14-27-23-17-11-12-19(33-2)22(34-3)21(17)25(31)28(23)18-9-5-4-8-16(18)24(27)30/h4-5,8-9,11-12,23H,6-7,10,13-15H2,1-3H3,(H,26,29). The van der Waals surface area contributed by atoms with Crippen LogP contribution < -0.4 is 19.7 Å². The monoisotopic (exact) mass is 467 g/mol. The lowest BCUT2D eigenvalue weighted by Gasteiger charge is -2.41. The van der Waals surface area contributed by atoms with E-state index in [9.17, 15) is 14.4 Å². The predicted octanol–water partition coefficient (Wildman–Crippen LogP) is 2.75. The third kappa shape index (κ3) is 4.07. The molecule has 2 heterocycles. The number of methoxy groups -OCH3 is 3. The minimum atomic E-state index is -0.616. The molecular weight excluding hydrogens is 438 g/mol. The molecule has 9 nitrogen and oxygen atoms in total. The van der Waals surface area contributed by atoms with Gasteiger partial charge < -0.3 is 24.4 Å². The largest absolute Gasteiger partial charge is 0.493 e. The number of benzene rings is 2. The van der Waals surface area contributed by atoms with Gasteiger partial charge in [0.1, 0.15) is 6.17 Å². The van der Waals surface area contributed by atoms with Gasteiger partial charge in [-0.2, -0.15) is 0 Å². The molecule has 2 aliphatic rings. The molecule has 9 heteroatoms. The Morgan fingerprint density at radius 2 is 1.79 bits per heavy atom. The number of nitrogens with zero attached hydrogens (tertiary/aromatic N) is 2. The van der Waals surface area contributed by atoms with Crippen molar-refractivity contribution in [3.63, 3.8) is 0 Å². The van der Waals surface area contributed by atoms with Gasteiger partial charge >= 0.3 is 0 Å². The van der Waals surface area contributed by atoms with Crippen LogP contribution in [-0.2, 0) is 9.53 Å². The molecule has 0 fully saturated rings. The molecule has 2 aliphatic heterocycles. The summed E-state index contributed by atoms with van der Waals surface area (Å²) in [6.07, 6.45) is 0.864. The van der Waals surface area contributed by atoms with E-state index in [-0.39, 0.29) is 24.1 Å². The van der Waals surface area contributed by atoms with Crippen LogP contribution in [0, 0.1) is 0 Å². The maximum atomic E-state index is 13.6. The molecule has 180 valence electrons. The summed E-state index contributed by atoms with van der Waals surface area (Å²) in [5.74, 6) is 0.293. The zero-order valence-electron chi connectivity index (χ0n) is 19.6. The van der Waals surface area contributed by atoms with E-state index in [0.29, 0.717) is 60.0 Å². The summed E-state index contributed by atoms with van der Waals surface area (Å²) >= 11 is 0. The van der Waals surface area contributed by atoms with Crippen LogP contribution in [0.3, 0.4) is 0 Å². The lowest BCUT2D eigenvalue weighted by Crippen LogP contribution is -2.48. The summed E-state index contributed by atoms with van der Waals surface area (Å²) in [5, 5.41) is 2.86. The normalized spacial score (nSPS) is 16.1. The van der Waals surface area contributed by atoms with Gasteiger partial charge in [-0.25, -0.2) is 0 Å². The number of hydrogen-bond donors (Lipinski definition) is 1. The Morgan fingerprint density at radius 3 is 2.53 bits per heavy atom. The lowest BCUT2D eigenvalue weighted by molar-refractivity contribution is -0.121. The summed E-state index contributed by atoms with van der Waals surface area (Å²) in [6.45, 7) is 1.45. The molecule has 1 unspecified atom stereocenters. The van der Waals surface area contributed by atoms with Gasteiger partial charge in [-0.1, -0.05) is 18.2 Å². The molecule has 0 aromatic heterocycles. The van der Waals surface area contributed by atoms with Gasteiger partial charge in [-0.3, -0.25) is 19.3 Å². The molecule has 3 amide bonds. The average Bonchev–Trinajstić information content (AvgIpc) is 3.15. The molecule has 0 spiro atoms. The molecule has 34 heavy (non-hydrogen) atoms. The van der Waals surface area contributed by atoms with Crippen molar-refractivity contribution in [1.82, 2.24) is 10.2 Å². The zero-order valence-corrected chi connectivity index (χ0v) is 19.6. The molecule has 0 saturated carbocycles. The first-order chi connectivity index (χ1) is 16.5. The van der Waals surface area contributed by atoms with Crippen molar-refractivity contribution in [2.75, 3.05) is 45.9 Å². The van der Waals surface area contributed by atoms with Crippen molar-refractivity contribution in [2.24, 2.45) is 0 Å². The fourth-order valence-electron chi connectivity index (χ4n) is 4.59. The molecule has 0 aliphatic carbocycles. The van der Waals surface area contributed by atoms with Crippen LogP contribution in [-0.4, -0.2) is 63.6 Å². The Morgan fingerprint density at radius 1 is 1.00 bits per heavy atom.